The van der Waals surface area contributed by atoms with Gasteiger partial charge in [-0.25, -0.2) is 9.97 Å². The second-order valence-electron chi connectivity index (χ2n) is 6.30. The fourth-order valence-corrected chi connectivity index (χ4v) is 3.20. The molecule has 128 valence electrons. The van der Waals surface area contributed by atoms with Crippen LogP contribution in [0.25, 0.3) is 0 Å². The van der Waals surface area contributed by atoms with E-state index in [4.69, 9.17) is 0 Å². The molecule has 0 bridgehead atoms. The molecule has 3 heterocycles. The van der Waals surface area contributed by atoms with E-state index < -0.39 is 0 Å². The highest BCUT2D eigenvalue weighted by Gasteiger charge is 2.24. The Morgan fingerprint density at radius 1 is 1.29 bits per heavy atom. The van der Waals surface area contributed by atoms with Gasteiger partial charge in [0.05, 0.1) is 24.4 Å². The Labute approximate surface area is 143 Å². The summed E-state index contributed by atoms with van der Waals surface area (Å²) in [5.74, 6) is 1.75. The third-order valence-corrected chi connectivity index (χ3v) is 4.83. The van der Waals surface area contributed by atoms with Crippen molar-refractivity contribution in [2.24, 2.45) is 0 Å². The molecule has 1 saturated heterocycles. The van der Waals surface area contributed by atoms with E-state index in [1.165, 1.54) is 0 Å². The number of hydrogen-bond acceptors (Lipinski definition) is 6. The summed E-state index contributed by atoms with van der Waals surface area (Å²) in [5, 5.41) is 9.63. The van der Waals surface area contributed by atoms with E-state index in [0.29, 0.717) is 0 Å². The number of piperidine rings is 1. The van der Waals surface area contributed by atoms with Crippen LogP contribution in [-0.4, -0.2) is 46.3 Å². The van der Waals surface area contributed by atoms with Crippen LogP contribution in [0, 0.1) is 0 Å². The summed E-state index contributed by atoms with van der Waals surface area (Å²) >= 11 is 0. The van der Waals surface area contributed by atoms with Gasteiger partial charge in [-0.2, -0.15) is 0 Å². The van der Waals surface area contributed by atoms with Gasteiger partial charge in [-0.15, -0.1) is 0 Å². The molecule has 0 unspecified atom stereocenters. The van der Waals surface area contributed by atoms with Gasteiger partial charge in [-0.3, -0.25) is 4.98 Å². The molecule has 3 rings (SSSR count). The minimum atomic E-state index is 0.115. The highest BCUT2D eigenvalue weighted by atomic mass is 16.3. The molecule has 6 nitrogen and oxygen atoms in total. The first kappa shape index (κ1) is 16.6. The van der Waals surface area contributed by atoms with Gasteiger partial charge in [-0.1, -0.05) is 6.07 Å². The van der Waals surface area contributed by atoms with Crippen molar-refractivity contribution in [3.05, 3.63) is 42.5 Å². The lowest BCUT2D eigenvalue weighted by Crippen LogP contribution is -2.42. The van der Waals surface area contributed by atoms with Crippen LogP contribution in [0.15, 0.2) is 36.8 Å². The molecule has 1 aliphatic heterocycles. The summed E-state index contributed by atoms with van der Waals surface area (Å²) in [6, 6.07) is 8.22. The Morgan fingerprint density at radius 3 is 2.92 bits per heavy atom. The molecule has 2 atom stereocenters. The van der Waals surface area contributed by atoms with Gasteiger partial charge in [0.1, 0.15) is 18.0 Å². The van der Waals surface area contributed by atoms with Crippen LogP contribution in [0.2, 0.25) is 0 Å². The minimum absolute atomic E-state index is 0.115. The summed E-state index contributed by atoms with van der Waals surface area (Å²) in [6.45, 7) is 3.21. The standard InChI is InChI=1S/C18H25N5O/c1-14(16-8-3-5-9-19-16)22(2)17-11-18(21-13-20-17)23-10-6-4-7-15(23)12-24/h3,5,8-9,11,13-15,24H,4,6-7,10,12H2,1-2H3/t14-,15-/m1/s1. The van der Waals surface area contributed by atoms with Gasteiger partial charge in [0.25, 0.3) is 0 Å². The molecule has 1 aliphatic rings. The van der Waals surface area contributed by atoms with Crippen LogP contribution in [0.3, 0.4) is 0 Å². The van der Waals surface area contributed by atoms with Crippen molar-refractivity contribution in [2.75, 3.05) is 30.0 Å². The van der Waals surface area contributed by atoms with Crippen molar-refractivity contribution in [2.45, 2.75) is 38.3 Å². The summed E-state index contributed by atoms with van der Waals surface area (Å²) in [6.07, 6.45) is 6.72. The molecule has 2 aromatic heterocycles. The Kier molecular flexibility index (Phi) is 5.25. The molecule has 0 spiro atoms. The average molecular weight is 327 g/mol. The molecule has 0 saturated carbocycles. The summed E-state index contributed by atoms with van der Waals surface area (Å²) in [7, 11) is 2.02. The fourth-order valence-electron chi connectivity index (χ4n) is 3.20. The number of aromatic nitrogens is 3. The maximum Gasteiger partial charge on any atom is 0.134 e. The highest BCUT2D eigenvalue weighted by molar-refractivity contribution is 5.51. The lowest BCUT2D eigenvalue weighted by atomic mass is 10.0. The van der Waals surface area contributed by atoms with Gasteiger partial charge < -0.3 is 14.9 Å². The SMILES string of the molecule is C[C@H](c1ccccn1)N(C)c1cc(N2CCCC[C@@H]2CO)ncn1. The van der Waals surface area contributed by atoms with Crippen LogP contribution >= 0.6 is 0 Å². The van der Waals surface area contributed by atoms with Gasteiger partial charge >= 0.3 is 0 Å². The maximum atomic E-state index is 9.63. The van der Waals surface area contributed by atoms with E-state index in [1.54, 1.807) is 6.33 Å². The monoisotopic (exact) mass is 327 g/mol. The Morgan fingerprint density at radius 2 is 2.17 bits per heavy atom. The lowest BCUT2D eigenvalue weighted by molar-refractivity contribution is 0.239. The number of aliphatic hydroxyl groups excluding tert-OH is 1. The molecule has 0 aliphatic carbocycles. The molecule has 0 radical (unpaired) electrons. The number of rotatable bonds is 5. The number of hydrogen-bond donors (Lipinski definition) is 1. The molecule has 0 aromatic carbocycles. The van der Waals surface area contributed by atoms with Gasteiger partial charge in [0.15, 0.2) is 0 Å². The van der Waals surface area contributed by atoms with Gasteiger partial charge in [0, 0.05) is 25.9 Å². The lowest BCUT2D eigenvalue weighted by Gasteiger charge is -2.36. The number of pyridine rings is 1. The zero-order valence-electron chi connectivity index (χ0n) is 14.3. The van der Waals surface area contributed by atoms with Crippen molar-refractivity contribution in [1.82, 2.24) is 15.0 Å². The van der Waals surface area contributed by atoms with Crippen LogP contribution in [-0.2, 0) is 0 Å². The summed E-state index contributed by atoms with van der Waals surface area (Å²) in [4.78, 5) is 17.6. The van der Waals surface area contributed by atoms with Crippen molar-refractivity contribution in [3.8, 4) is 0 Å². The topological polar surface area (TPSA) is 65.4 Å². The normalized spacial score (nSPS) is 19.1. The maximum absolute atomic E-state index is 9.63. The summed E-state index contributed by atoms with van der Waals surface area (Å²) < 4.78 is 0. The van der Waals surface area contributed by atoms with Crippen molar-refractivity contribution < 1.29 is 5.11 Å². The third-order valence-electron chi connectivity index (χ3n) is 4.83. The number of aliphatic hydroxyl groups is 1. The Bertz CT molecular complexity index is 651. The van der Waals surface area contributed by atoms with E-state index in [9.17, 15) is 5.11 Å². The highest BCUT2D eigenvalue weighted by Crippen LogP contribution is 2.27. The molecule has 1 fully saturated rings. The van der Waals surface area contributed by atoms with E-state index in [2.05, 4.69) is 31.7 Å². The molecule has 6 heteroatoms. The minimum Gasteiger partial charge on any atom is -0.394 e. The predicted molar refractivity (Wildman–Crippen MR) is 95.2 cm³/mol. The second-order valence-corrected chi connectivity index (χ2v) is 6.30. The second kappa shape index (κ2) is 7.57. The van der Waals surface area contributed by atoms with Crippen LogP contribution in [0.1, 0.15) is 37.9 Å². The predicted octanol–water partition coefficient (Wildman–Crippen LogP) is 2.42. The third kappa shape index (κ3) is 3.48. The molecule has 24 heavy (non-hydrogen) atoms. The Hall–Kier alpha value is -2.21. The molecule has 1 N–H and O–H groups in total. The van der Waals surface area contributed by atoms with Crippen LogP contribution in [0.4, 0.5) is 11.6 Å². The first-order chi connectivity index (χ1) is 11.7. The Balaban J connectivity index is 1.82. The van der Waals surface area contributed by atoms with Crippen LogP contribution < -0.4 is 9.80 Å². The van der Waals surface area contributed by atoms with Gasteiger partial charge in [0.2, 0.25) is 0 Å². The van der Waals surface area contributed by atoms with E-state index >= 15 is 0 Å². The smallest absolute Gasteiger partial charge is 0.134 e. The van der Waals surface area contributed by atoms with E-state index in [0.717, 1.165) is 43.1 Å². The van der Waals surface area contributed by atoms with Crippen molar-refractivity contribution in [1.29, 1.82) is 0 Å². The quantitative estimate of drug-likeness (QED) is 0.910. The largest absolute Gasteiger partial charge is 0.394 e. The van der Waals surface area contributed by atoms with Crippen molar-refractivity contribution in [3.63, 3.8) is 0 Å². The average Bonchev–Trinajstić information content (AvgIpc) is 2.67. The number of anilines is 2. The van der Waals surface area contributed by atoms with E-state index in [-0.39, 0.29) is 18.7 Å². The first-order valence-corrected chi connectivity index (χ1v) is 8.54. The van der Waals surface area contributed by atoms with Crippen LogP contribution in [0.5, 0.6) is 0 Å². The first-order valence-electron chi connectivity index (χ1n) is 8.54. The fraction of sp³-hybridized carbons (Fsp3) is 0.500. The zero-order valence-corrected chi connectivity index (χ0v) is 14.3. The van der Waals surface area contributed by atoms with Gasteiger partial charge in [-0.05, 0) is 38.3 Å². The van der Waals surface area contributed by atoms with Crippen molar-refractivity contribution >= 4 is 11.6 Å². The number of nitrogens with zero attached hydrogens (tertiary/aromatic N) is 5. The molecule has 0 amide bonds. The molecule has 2 aromatic rings. The molecular formula is C18H25N5O. The zero-order chi connectivity index (χ0) is 16.9. The van der Waals surface area contributed by atoms with E-state index in [1.807, 2.05) is 37.5 Å². The molecular weight excluding hydrogens is 302 g/mol. The summed E-state index contributed by atoms with van der Waals surface area (Å²) in [5.41, 5.74) is 1.01.